The average Bonchev–Trinajstić information content (AvgIpc) is 2.75. The fourth-order valence-electron chi connectivity index (χ4n) is 3.44. The molecule has 1 aliphatic heterocycles. The third-order valence-corrected chi connectivity index (χ3v) is 5.13. The van der Waals surface area contributed by atoms with Crippen LogP contribution in [0.4, 0.5) is 17.1 Å². The molecular formula is C21H24N4O5. The Balaban J connectivity index is 1.53. The van der Waals surface area contributed by atoms with Gasteiger partial charge < -0.3 is 15.0 Å². The van der Waals surface area contributed by atoms with Crippen LogP contribution >= 0.6 is 0 Å². The number of nitrogens with one attached hydrogen (secondary N) is 1. The summed E-state index contributed by atoms with van der Waals surface area (Å²) in [5, 5.41) is 13.5. The lowest BCUT2D eigenvalue weighted by Crippen LogP contribution is -2.53. The second-order valence-corrected chi connectivity index (χ2v) is 7.16. The number of hydrogen-bond donors (Lipinski definition) is 1. The van der Waals surface area contributed by atoms with Gasteiger partial charge in [0.25, 0.3) is 5.69 Å². The van der Waals surface area contributed by atoms with Crippen molar-refractivity contribution in [2.75, 3.05) is 43.5 Å². The molecule has 1 N–H and O–H groups in total. The number of benzene rings is 2. The number of methoxy groups -OCH3 is 1. The van der Waals surface area contributed by atoms with Gasteiger partial charge in [-0.05, 0) is 43.3 Å². The number of nitrogens with zero attached hydrogens (tertiary/aromatic N) is 3. The van der Waals surface area contributed by atoms with Crippen molar-refractivity contribution < 1.29 is 19.2 Å². The highest BCUT2D eigenvalue weighted by atomic mass is 16.6. The van der Waals surface area contributed by atoms with Gasteiger partial charge in [-0.2, -0.15) is 0 Å². The van der Waals surface area contributed by atoms with Gasteiger partial charge in [-0.25, -0.2) is 4.79 Å². The minimum absolute atomic E-state index is 0.0163. The quantitative estimate of drug-likeness (QED) is 0.442. The molecule has 1 amide bonds. The van der Waals surface area contributed by atoms with Crippen molar-refractivity contribution in [2.45, 2.75) is 13.0 Å². The summed E-state index contributed by atoms with van der Waals surface area (Å²) in [5.74, 6) is -0.523. The van der Waals surface area contributed by atoms with Crippen molar-refractivity contribution in [1.82, 2.24) is 4.90 Å². The standard InChI is InChI=1S/C21H24N4O5/c1-15-13-24(18-7-3-16(4-8-18)21(27)30-2)12-11-23(15)14-20(26)22-17-5-9-19(10-6-17)25(28)29/h3-10,15H,11-14H2,1-2H3,(H,22,26). The highest BCUT2D eigenvalue weighted by Crippen LogP contribution is 2.21. The summed E-state index contributed by atoms with van der Waals surface area (Å²) in [6.07, 6.45) is 0. The predicted octanol–water partition coefficient (Wildman–Crippen LogP) is 2.53. The van der Waals surface area contributed by atoms with Crippen LogP contribution in [0.1, 0.15) is 17.3 Å². The van der Waals surface area contributed by atoms with Crippen LogP contribution < -0.4 is 10.2 Å². The highest BCUT2D eigenvalue weighted by molar-refractivity contribution is 5.92. The van der Waals surface area contributed by atoms with Crippen LogP contribution in [0.3, 0.4) is 0 Å². The maximum Gasteiger partial charge on any atom is 0.337 e. The number of carbonyl (C=O) groups is 2. The monoisotopic (exact) mass is 412 g/mol. The average molecular weight is 412 g/mol. The molecule has 1 atom stereocenters. The number of hydrogen-bond acceptors (Lipinski definition) is 7. The second kappa shape index (κ2) is 9.36. The van der Waals surface area contributed by atoms with E-state index in [0.717, 1.165) is 18.8 Å². The van der Waals surface area contributed by atoms with Crippen LogP contribution in [0, 0.1) is 10.1 Å². The minimum Gasteiger partial charge on any atom is -0.465 e. The third-order valence-electron chi connectivity index (χ3n) is 5.13. The number of carbonyl (C=O) groups excluding carboxylic acids is 2. The molecule has 1 aliphatic rings. The highest BCUT2D eigenvalue weighted by Gasteiger charge is 2.25. The topological polar surface area (TPSA) is 105 Å². The summed E-state index contributed by atoms with van der Waals surface area (Å²) in [4.78, 5) is 38.5. The minimum atomic E-state index is -0.476. The van der Waals surface area contributed by atoms with Crippen LogP contribution in [0.2, 0.25) is 0 Å². The van der Waals surface area contributed by atoms with Crippen LogP contribution in [0.5, 0.6) is 0 Å². The molecule has 30 heavy (non-hydrogen) atoms. The maximum atomic E-state index is 12.4. The van der Waals surface area contributed by atoms with E-state index >= 15 is 0 Å². The maximum absolute atomic E-state index is 12.4. The van der Waals surface area contributed by atoms with Crippen LogP contribution in [0.25, 0.3) is 0 Å². The number of rotatable bonds is 6. The van der Waals surface area contributed by atoms with Crippen molar-refractivity contribution in [3.63, 3.8) is 0 Å². The van der Waals surface area contributed by atoms with Gasteiger partial charge in [0.1, 0.15) is 0 Å². The zero-order chi connectivity index (χ0) is 21.7. The van der Waals surface area contributed by atoms with Crippen molar-refractivity contribution in [2.24, 2.45) is 0 Å². The Morgan fingerprint density at radius 1 is 1.13 bits per heavy atom. The van der Waals surface area contributed by atoms with E-state index in [1.807, 2.05) is 12.1 Å². The van der Waals surface area contributed by atoms with Gasteiger partial charge >= 0.3 is 5.97 Å². The number of nitro groups is 1. The van der Waals surface area contributed by atoms with Gasteiger partial charge in [0.15, 0.2) is 0 Å². The van der Waals surface area contributed by atoms with Crippen molar-refractivity contribution in [1.29, 1.82) is 0 Å². The first-order chi connectivity index (χ1) is 14.4. The van der Waals surface area contributed by atoms with Gasteiger partial charge in [-0.3, -0.25) is 19.8 Å². The molecule has 2 aromatic rings. The number of esters is 1. The Morgan fingerprint density at radius 2 is 1.80 bits per heavy atom. The van der Waals surface area contributed by atoms with Gasteiger partial charge in [0.2, 0.25) is 5.91 Å². The fourth-order valence-corrected chi connectivity index (χ4v) is 3.44. The molecule has 0 bridgehead atoms. The predicted molar refractivity (Wildman–Crippen MR) is 113 cm³/mol. The molecule has 0 aromatic heterocycles. The second-order valence-electron chi connectivity index (χ2n) is 7.16. The smallest absolute Gasteiger partial charge is 0.337 e. The summed E-state index contributed by atoms with van der Waals surface area (Å²) < 4.78 is 4.72. The van der Waals surface area contributed by atoms with E-state index in [1.165, 1.54) is 31.4 Å². The molecule has 1 heterocycles. The van der Waals surface area contributed by atoms with Crippen molar-refractivity contribution in [3.05, 3.63) is 64.2 Å². The van der Waals surface area contributed by atoms with Crippen LogP contribution in [-0.2, 0) is 9.53 Å². The van der Waals surface area contributed by atoms with Crippen molar-refractivity contribution in [3.8, 4) is 0 Å². The molecule has 2 aromatic carbocycles. The van der Waals surface area contributed by atoms with E-state index in [1.54, 1.807) is 12.1 Å². The molecule has 158 valence electrons. The summed E-state index contributed by atoms with van der Waals surface area (Å²) in [6.45, 7) is 4.53. The van der Waals surface area contributed by atoms with Gasteiger partial charge in [0, 0.05) is 49.2 Å². The van der Waals surface area contributed by atoms with Crippen LogP contribution in [-0.4, -0.2) is 61.0 Å². The molecule has 0 aliphatic carbocycles. The summed E-state index contributed by atoms with van der Waals surface area (Å²) in [5.41, 5.74) is 2.04. The summed E-state index contributed by atoms with van der Waals surface area (Å²) >= 11 is 0. The molecular weight excluding hydrogens is 388 g/mol. The SMILES string of the molecule is COC(=O)c1ccc(N2CCN(CC(=O)Nc3ccc([N+](=O)[O-])cc3)C(C)C2)cc1. The van der Waals surface area contributed by atoms with Gasteiger partial charge in [-0.1, -0.05) is 0 Å². The number of ether oxygens (including phenoxy) is 1. The lowest BCUT2D eigenvalue weighted by atomic mass is 10.1. The Bertz CT molecular complexity index is 914. The Labute approximate surface area is 174 Å². The molecule has 0 radical (unpaired) electrons. The van der Waals surface area contributed by atoms with Gasteiger partial charge in [-0.15, -0.1) is 0 Å². The molecule has 0 saturated carbocycles. The first-order valence-corrected chi connectivity index (χ1v) is 9.59. The lowest BCUT2D eigenvalue weighted by molar-refractivity contribution is -0.384. The Kier molecular flexibility index (Phi) is 6.63. The van der Waals surface area contributed by atoms with E-state index in [2.05, 4.69) is 22.0 Å². The van der Waals surface area contributed by atoms with Gasteiger partial charge in [0.05, 0.1) is 24.1 Å². The first kappa shape index (κ1) is 21.3. The molecule has 3 rings (SSSR count). The number of piperazine rings is 1. The van der Waals surface area contributed by atoms with Crippen molar-refractivity contribution >= 4 is 28.9 Å². The molecule has 1 unspecified atom stereocenters. The third kappa shape index (κ3) is 5.12. The Morgan fingerprint density at radius 3 is 2.37 bits per heavy atom. The van der Waals surface area contributed by atoms with E-state index in [9.17, 15) is 19.7 Å². The first-order valence-electron chi connectivity index (χ1n) is 9.59. The van der Waals surface area contributed by atoms with Crippen LogP contribution in [0.15, 0.2) is 48.5 Å². The number of amides is 1. The summed E-state index contributed by atoms with van der Waals surface area (Å²) in [6, 6.07) is 13.2. The number of anilines is 2. The summed E-state index contributed by atoms with van der Waals surface area (Å²) in [7, 11) is 1.36. The fraction of sp³-hybridized carbons (Fsp3) is 0.333. The molecule has 1 fully saturated rings. The number of nitro benzene ring substituents is 1. The van der Waals surface area contributed by atoms with E-state index in [4.69, 9.17) is 4.74 Å². The Hall–Kier alpha value is -3.46. The molecule has 1 saturated heterocycles. The molecule has 9 nitrogen and oxygen atoms in total. The number of non-ortho nitro benzene ring substituents is 1. The lowest BCUT2D eigenvalue weighted by Gasteiger charge is -2.40. The molecule has 0 spiro atoms. The normalized spacial score (nSPS) is 16.7. The zero-order valence-electron chi connectivity index (χ0n) is 16.9. The zero-order valence-corrected chi connectivity index (χ0v) is 16.9. The molecule has 9 heteroatoms. The van der Waals surface area contributed by atoms with E-state index in [-0.39, 0.29) is 30.2 Å². The van der Waals surface area contributed by atoms with E-state index in [0.29, 0.717) is 17.8 Å². The largest absolute Gasteiger partial charge is 0.465 e. The van der Waals surface area contributed by atoms with E-state index < -0.39 is 4.92 Å².